The van der Waals surface area contributed by atoms with Gasteiger partial charge in [0.1, 0.15) is 24.1 Å². The van der Waals surface area contributed by atoms with Gasteiger partial charge in [-0.05, 0) is 76.7 Å². The van der Waals surface area contributed by atoms with Gasteiger partial charge in [0.2, 0.25) is 0 Å². The molecular weight excluding hydrogens is 500 g/mol. The fourth-order valence-electron chi connectivity index (χ4n) is 4.11. The van der Waals surface area contributed by atoms with Crippen molar-refractivity contribution >= 4 is 35.3 Å². The number of rotatable bonds is 9. The first kappa shape index (κ1) is 28.5. The molecule has 1 atom stereocenters. The van der Waals surface area contributed by atoms with Gasteiger partial charge in [0.25, 0.3) is 5.91 Å². The second-order valence-corrected chi connectivity index (χ2v) is 9.25. The third-order valence-corrected chi connectivity index (χ3v) is 5.94. The summed E-state index contributed by atoms with van der Waals surface area (Å²) >= 11 is 5.65. The van der Waals surface area contributed by atoms with Gasteiger partial charge in [-0.15, -0.1) is 6.42 Å². The molecule has 0 saturated heterocycles. The number of nitrogens with zero attached hydrogens (tertiary/aromatic N) is 1. The quantitative estimate of drug-likeness (QED) is 0.206. The lowest BCUT2D eigenvalue weighted by Gasteiger charge is -2.39. The first-order valence-electron chi connectivity index (χ1n) is 12.3. The number of hydrogen-bond donors (Lipinski definition) is 1. The molecule has 1 heterocycles. The summed E-state index contributed by atoms with van der Waals surface area (Å²) in [5.41, 5.74) is 2.57. The minimum absolute atomic E-state index is 0.129. The molecule has 1 unspecified atom stereocenters. The second kappa shape index (κ2) is 12.9. The molecule has 7 nitrogen and oxygen atoms in total. The zero-order valence-corrected chi connectivity index (χ0v) is 23.1. The van der Waals surface area contributed by atoms with Gasteiger partial charge in [0.05, 0.1) is 18.3 Å². The van der Waals surface area contributed by atoms with Gasteiger partial charge in [-0.3, -0.25) is 9.69 Å². The number of ether oxygens (including phenoxy) is 3. The molecule has 38 heavy (non-hydrogen) atoms. The van der Waals surface area contributed by atoms with E-state index in [9.17, 15) is 9.59 Å². The summed E-state index contributed by atoms with van der Waals surface area (Å²) in [7, 11) is 0. The van der Waals surface area contributed by atoms with Crippen molar-refractivity contribution in [2.24, 2.45) is 0 Å². The molecular formula is C30H32N2O5S. The molecule has 0 bridgehead atoms. The smallest absolute Gasteiger partial charge is 0.338 e. The number of para-hydroxylation sites is 1. The maximum absolute atomic E-state index is 14.0. The topological polar surface area (TPSA) is 77.1 Å². The van der Waals surface area contributed by atoms with E-state index in [2.05, 4.69) is 11.2 Å². The van der Waals surface area contributed by atoms with Crippen LogP contribution in [0.5, 0.6) is 11.5 Å². The molecule has 0 radical (unpaired) electrons. The predicted octanol–water partition coefficient (Wildman–Crippen LogP) is 5.18. The third kappa shape index (κ3) is 6.61. The molecule has 1 amide bonds. The number of carbonyl (C=O) groups excluding carboxylic acids is 2. The van der Waals surface area contributed by atoms with Crippen molar-refractivity contribution < 1.29 is 23.8 Å². The fraction of sp³-hybridized carbons (Fsp3) is 0.300. The van der Waals surface area contributed by atoms with Crippen LogP contribution in [0.1, 0.15) is 51.8 Å². The third-order valence-electron chi connectivity index (χ3n) is 5.64. The molecule has 3 rings (SSSR count). The van der Waals surface area contributed by atoms with E-state index < -0.39 is 12.0 Å². The minimum Gasteiger partial charge on any atom is -0.491 e. The highest BCUT2D eigenvalue weighted by Gasteiger charge is 2.41. The molecule has 1 N–H and O–H groups in total. The predicted molar refractivity (Wildman–Crippen MR) is 151 cm³/mol. The average Bonchev–Trinajstić information content (AvgIpc) is 2.87. The number of allylic oxidation sites excluding steroid dienone is 1. The molecule has 0 aromatic heterocycles. The van der Waals surface area contributed by atoms with Crippen LogP contribution < -0.4 is 14.8 Å². The molecule has 0 aliphatic carbocycles. The molecule has 2 aromatic carbocycles. The van der Waals surface area contributed by atoms with Crippen molar-refractivity contribution in [3.8, 4) is 23.8 Å². The zero-order chi connectivity index (χ0) is 27.8. The molecule has 0 saturated carbocycles. The van der Waals surface area contributed by atoms with Gasteiger partial charge in [-0.1, -0.05) is 36.3 Å². The van der Waals surface area contributed by atoms with Crippen molar-refractivity contribution in [3.05, 3.63) is 76.5 Å². The van der Waals surface area contributed by atoms with Gasteiger partial charge in [0.15, 0.2) is 5.11 Å². The second-order valence-electron chi connectivity index (χ2n) is 8.86. The largest absolute Gasteiger partial charge is 0.491 e. The molecule has 8 heteroatoms. The highest BCUT2D eigenvalue weighted by molar-refractivity contribution is 7.80. The number of esters is 1. The van der Waals surface area contributed by atoms with Crippen LogP contribution in [0.2, 0.25) is 0 Å². The van der Waals surface area contributed by atoms with Gasteiger partial charge < -0.3 is 19.5 Å². The first-order chi connectivity index (χ1) is 18.2. The van der Waals surface area contributed by atoms with Crippen molar-refractivity contribution in [1.29, 1.82) is 0 Å². The van der Waals surface area contributed by atoms with Crippen LogP contribution in [-0.2, 0) is 14.3 Å². The normalized spacial score (nSPS) is 15.6. The average molecular weight is 533 g/mol. The van der Waals surface area contributed by atoms with Crippen LogP contribution in [0.15, 0.2) is 65.4 Å². The summed E-state index contributed by atoms with van der Waals surface area (Å²) in [6, 6.07) is 13.7. The molecule has 198 valence electrons. The lowest BCUT2D eigenvalue weighted by molar-refractivity contribution is -0.139. The Morgan fingerprint density at radius 2 is 1.95 bits per heavy atom. The Morgan fingerprint density at radius 1 is 1.21 bits per heavy atom. The van der Waals surface area contributed by atoms with Crippen LogP contribution in [0.4, 0.5) is 0 Å². The number of thiocarbonyl (C=S) groups is 1. The van der Waals surface area contributed by atoms with E-state index in [4.69, 9.17) is 32.9 Å². The van der Waals surface area contributed by atoms with Crippen LogP contribution in [0.25, 0.3) is 6.08 Å². The Morgan fingerprint density at radius 3 is 2.63 bits per heavy atom. The summed E-state index contributed by atoms with van der Waals surface area (Å²) in [6.07, 6.45) is 6.89. The van der Waals surface area contributed by atoms with E-state index >= 15 is 0 Å². The maximum atomic E-state index is 14.0. The van der Waals surface area contributed by atoms with Crippen LogP contribution in [-0.4, -0.2) is 41.2 Å². The molecule has 2 aromatic rings. The molecule has 0 spiro atoms. The number of hydrogen-bond acceptors (Lipinski definition) is 6. The Kier molecular flexibility index (Phi) is 9.69. The summed E-state index contributed by atoms with van der Waals surface area (Å²) in [4.78, 5) is 28.6. The number of amides is 1. The highest BCUT2D eigenvalue weighted by Crippen LogP contribution is 2.40. The molecule has 0 fully saturated rings. The SMILES string of the molecule is C#CCOc1cccc(/C=C(\C)C(=O)N2C(=S)NC(C)=C(C(=O)OCC)C2c2ccccc2OC(C)C)c1. The van der Waals surface area contributed by atoms with Crippen LogP contribution in [0, 0.1) is 12.3 Å². The Balaban J connectivity index is 2.12. The van der Waals surface area contributed by atoms with Crippen LogP contribution >= 0.6 is 12.2 Å². The van der Waals surface area contributed by atoms with E-state index in [-0.39, 0.29) is 35.9 Å². The van der Waals surface area contributed by atoms with Crippen molar-refractivity contribution in [3.63, 3.8) is 0 Å². The van der Waals surface area contributed by atoms with Crippen molar-refractivity contribution in [2.75, 3.05) is 13.2 Å². The van der Waals surface area contributed by atoms with E-state index in [1.807, 2.05) is 50.2 Å². The molecule has 1 aliphatic heterocycles. The summed E-state index contributed by atoms with van der Waals surface area (Å²) in [5.74, 6) is 2.65. The lowest BCUT2D eigenvalue weighted by atomic mass is 9.92. The van der Waals surface area contributed by atoms with Gasteiger partial charge in [0, 0.05) is 16.8 Å². The summed E-state index contributed by atoms with van der Waals surface area (Å²) in [5, 5.41) is 3.19. The molecule has 1 aliphatic rings. The summed E-state index contributed by atoms with van der Waals surface area (Å²) < 4.78 is 17.0. The van der Waals surface area contributed by atoms with Crippen LogP contribution in [0.3, 0.4) is 0 Å². The zero-order valence-electron chi connectivity index (χ0n) is 22.2. The van der Waals surface area contributed by atoms with Crippen molar-refractivity contribution in [2.45, 2.75) is 46.8 Å². The number of terminal acetylenes is 1. The van der Waals surface area contributed by atoms with E-state index in [1.54, 1.807) is 39.0 Å². The monoisotopic (exact) mass is 532 g/mol. The maximum Gasteiger partial charge on any atom is 0.338 e. The fourth-order valence-corrected chi connectivity index (χ4v) is 4.45. The Labute approximate surface area is 229 Å². The Bertz CT molecular complexity index is 1320. The Hall–Kier alpha value is -4.09. The number of carbonyl (C=O) groups is 2. The van der Waals surface area contributed by atoms with E-state index in [0.717, 1.165) is 5.56 Å². The highest BCUT2D eigenvalue weighted by atomic mass is 32.1. The van der Waals surface area contributed by atoms with Gasteiger partial charge in [-0.25, -0.2) is 4.79 Å². The van der Waals surface area contributed by atoms with E-state index in [0.29, 0.717) is 28.3 Å². The number of nitrogens with one attached hydrogen (secondary N) is 1. The minimum atomic E-state index is -0.862. The van der Waals surface area contributed by atoms with E-state index in [1.165, 1.54) is 4.90 Å². The van der Waals surface area contributed by atoms with Gasteiger partial charge >= 0.3 is 5.97 Å². The summed E-state index contributed by atoms with van der Waals surface area (Å²) in [6.45, 7) is 9.31. The standard InChI is InChI=1S/C30H32N2O5S/c1-7-16-36-23-13-11-12-22(18-23)17-20(5)28(33)32-27(24-14-9-10-15-25(24)37-19(3)4)26(29(34)35-8-2)21(6)31-30(32)38/h1,9-15,17-19,27H,8,16H2,2-6H3,(H,31,38)/b20-17+. The first-order valence-corrected chi connectivity index (χ1v) is 12.7. The van der Waals surface area contributed by atoms with Crippen molar-refractivity contribution in [1.82, 2.24) is 10.2 Å². The lowest BCUT2D eigenvalue weighted by Crippen LogP contribution is -2.51. The number of benzene rings is 2. The van der Waals surface area contributed by atoms with Gasteiger partial charge in [-0.2, -0.15) is 0 Å².